The Labute approximate surface area is 113 Å². The van der Waals surface area contributed by atoms with E-state index in [4.69, 9.17) is 0 Å². The van der Waals surface area contributed by atoms with Gasteiger partial charge in [0.1, 0.15) is 10.7 Å². The van der Waals surface area contributed by atoms with E-state index in [-0.39, 0.29) is 16.9 Å². The lowest BCUT2D eigenvalue weighted by atomic mass is 10.1. The molecule has 19 heavy (non-hydrogen) atoms. The molecule has 0 bridgehead atoms. The Morgan fingerprint density at radius 3 is 2.63 bits per heavy atom. The molecule has 0 amide bonds. The van der Waals surface area contributed by atoms with E-state index in [1.807, 2.05) is 14.0 Å². The van der Waals surface area contributed by atoms with E-state index < -0.39 is 15.8 Å². The zero-order chi connectivity index (χ0) is 14.2. The quantitative estimate of drug-likeness (QED) is 0.913. The molecule has 106 valence electrons. The Bertz CT molecular complexity index is 574. The van der Waals surface area contributed by atoms with Gasteiger partial charge >= 0.3 is 0 Å². The predicted octanol–water partition coefficient (Wildman–Crippen LogP) is 1.36. The highest BCUT2D eigenvalue weighted by Crippen LogP contribution is 2.20. The number of benzene rings is 1. The second-order valence-electron chi connectivity index (χ2n) is 5.36. The summed E-state index contributed by atoms with van der Waals surface area (Å²) in [5.74, 6) is -0.496. The number of aryl methyl sites for hydroxylation is 1. The van der Waals surface area contributed by atoms with Crippen LogP contribution in [0, 0.1) is 18.7 Å². The first-order chi connectivity index (χ1) is 8.79. The molecular formula is C13H19FN2O2S. The molecule has 0 saturated carbocycles. The standard InChI is InChI=1S/C13H19FN2O2S/c1-9-4-5-11(14)13(6-9)19(17,18)15-12-8-16(3)7-10(12)2/h4-6,10,12,15H,7-8H2,1-3H3. The first-order valence-corrected chi connectivity index (χ1v) is 7.75. The van der Waals surface area contributed by atoms with Crippen molar-refractivity contribution in [3.8, 4) is 0 Å². The average Bonchev–Trinajstić information content (AvgIpc) is 2.60. The maximum Gasteiger partial charge on any atom is 0.243 e. The van der Waals surface area contributed by atoms with Crippen LogP contribution in [0.1, 0.15) is 12.5 Å². The minimum absolute atomic E-state index is 0.171. The average molecular weight is 286 g/mol. The smallest absolute Gasteiger partial charge is 0.243 e. The van der Waals surface area contributed by atoms with Crippen LogP contribution in [-0.2, 0) is 10.0 Å². The summed E-state index contributed by atoms with van der Waals surface area (Å²) >= 11 is 0. The molecule has 0 aromatic heterocycles. The van der Waals surface area contributed by atoms with E-state index in [0.29, 0.717) is 6.54 Å². The molecule has 2 unspecified atom stereocenters. The number of likely N-dealkylation sites (N-methyl/N-ethyl adjacent to an activating group) is 1. The van der Waals surface area contributed by atoms with Crippen LogP contribution in [0.4, 0.5) is 4.39 Å². The normalized spacial score (nSPS) is 24.8. The summed E-state index contributed by atoms with van der Waals surface area (Å²) in [6.07, 6.45) is 0. The van der Waals surface area contributed by atoms with Crippen LogP contribution in [0.3, 0.4) is 0 Å². The second-order valence-corrected chi connectivity index (χ2v) is 7.04. The van der Waals surface area contributed by atoms with Crippen molar-refractivity contribution in [3.05, 3.63) is 29.6 Å². The van der Waals surface area contributed by atoms with Crippen molar-refractivity contribution in [2.24, 2.45) is 5.92 Å². The first-order valence-electron chi connectivity index (χ1n) is 6.26. The highest BCUT2D eigenvalue weighted by atomic mass is 32.2. The van der Waals surface area contributed by atoms with Gasteiger partial charge in [-0.25, -0.2) is 17.5 Å². The third-order valence-corrected chi connectivity index (χ3v) is 4.98. The van der Waals surface area contributed by atoms with Crippen molar-refractivity contribution >= 4 is 10.0 Å². The Kier molecular flexibility index (Phi) is 3.94. The Morgan fingerprint density at radius 2 is 2.05 bits per heavy atom. The van der Waals surface area contributed by atoms with Crippen molar-refractivity contribution < 1.29 is 12.8 Å². The number of nitrogens with one attached hydrogen (secondary N) is 1. The molecule has 1 N–H and O–H groups in total. The molecule has 1 saturated heterocycles. The zero-order valence-corrected chi connectivity index (χ0v) is 12.2. The van der Waals surface area contributed by atoms with Gasteiger partial charge in [0.15, 0.2) is 0 Å². The van der Waals surface area contributed by atoms with Crippen LogP contribution >= 0.6 is 0 Å². The van der Waals surface area contributed by atoms with Crippen LogP contribution in [0.5, 0.6) is 0 Å². The Hall–Kier alpha value is -0.980. The molecule has 1 aromatic carbocycles. The molecule has 1 heterocycles. The van der Waals surface area contributed by atoms with Gasteiger partial charge in [0.05, 0.1) is 0 Å². The molecular weight excluding hydrogens is 267 g/mol. The van der Waals surface area contributed by atoms with Crippen molar-refractivity contribution in [1.29, 1.82) is 0 Å². The fourth-order valence-corrected chi connectivity index (χ4v) is 3.94. The largest absolute Gasteiger partial charge is 0.304 e. The zero-order valence-electron chi connectivity index (χ0n) is 11.4. The summed E-state index contributed by atoms with van der Waals surface area (Å²) in [6, 6.07) is 3.94. The fourth-order valence-electron chi connectivity index (χ4n) is 2.44. The topological polar surface area (TPSA) is 49.4 Å². The van der Waals surface area contributed by atoms with Crippen LogP contribution < -0.4 is 4.72 Å². The van der Waals surface area contributed by atoms with Gasteiger partial charge in [-0.2, -0.15) is 0 Å². The van der Waals surface area contributed by atoms with E-state index in [1.54, 1.807) is 13.0 Å². The number of hydrogen-bond acceptors (Lipinski definition) is 3. The third kappa shape index (κ3) is 3.13. The molecule has 1 aliphatic heterocycles. The predicted molar refractivity (Wildman–Crippen MR) is 71.9 cm³/mol. The molecule has 2 rings (SSSR count). The summed E-state index contributed by atoms with van der Waals surface area (Å²) < 4.78 is 40.8. The van der Waals surface area contributed by atoms with Gasteiger partial charge in [0.25, 0.3) is 0 Å². The first kappa shape index (κ1) is 14.4. The van der Waals surface area contributed by atoms with E-state index in [0.717, 1.165) is 12.1 Å². The molecule has 1 aliphatic rings. The molecule has 6 heteroatoms. The van der Waals surface area contributed by atoms with E-state index >= 15 is 0 Å². The van der Waals surface area contributed by atoms with Gasteiger partial charge in [-0.15, -0.1) is 0 Å². The van der Waals surface area contributed by atoms with E-state index in [9.17, 15) is 12.8 Å². The summed E-state index contributed by atoms with van der Waals surface area (Å²) in [5, 5.41) is 0. The highest BCUT2D eigenvalue weighted by Gasteiger charge is 2.32. The van der Waals surface area contributed by atoms with Gasteiger partial charge in [0.2, 0.25) is 10.0 Å². The van der Waals surface area contributed by atoms with Crippen LogP contribution in [0.2, 0.25) is 0 Å². The number of rotatable bonds is 3. The molecule has 2 atom stereocenters. The molecule has 1 fully saturated rings. The van der Waals surface area contributed by atoms with Crippen LogP contribution in [0.25, 0.3) is 0 Å². The van der Waals surface area contributed by atoms with Gasteiger partial charge in [-0.3, -0.25) is 0 Å². The highest BCUT2D eigenvalue weighted by molar-refractivity contribution is 7.89. The number of nitrogens with zero attached hydrogens (tertiary/aromatic N) is 1. The monoisotopic (exact) mass is 286 g/mol. The molecule has 1 aromatic rings. The summed E-state index contributed by atoms with van der Waals surface area (Å²) in [7, 11) is -1.86. The van der Waals surface area contributed by atoms with Crippen molar-refractivity contribution in [3.63, 3.8) is 0 Å². The maximum absolute atomic E-state index is 13.7. The van der Waals surface area contributed by atoms with Crippen LogP contribution in [0.15, 0.2) is 23.1 Å². The number of sulfonamides is 1. The van der Waals surface area contributed by atoms with E-state index in [2.05, 4.69) is 9.62 Å². The SMILES string of the molecule is Cc1ccc(F)c(S(=O)(=O)NC2CN(C)CC2C)c1. The lowest BCUT2D eigenvalue weighted by molar-refractivity contribution is 0.400. The minimum atomic E-state index is -3.80. The molecule has 0 aliphatic carbocycles. The Morgan fingerprint density at radius 1 is 1.37 bits per heavy atom. The minimum Gasteiger partial charge on any atom is -0.304 e. The van der Waals surface area contributed by atoms with E-state index in [1.165, 1.54) is 12.1 Å². The lowest BCUT2D eigenvalue weighted by Gasteiger charge is -2.17. The van der Waals surface area contributed by atoms with Crippen molar-refractivity contribution in [2.75, 3.05) is 20.1 Å². The molecule has 0 spiro atoms. The van der Waals surface area contributed by atoms with Gasteiger partial charge < -0.3 is 4.90 Å². The molecule has 4 nitrogen and oxygen atoms in total. The summed E-state index contributed by atoms with van der Waals surface area (Å²) in [5.41, 5.74) is 0.721. The lowest BCUT2D eigenvalue weighted by Crippen LogP contribution is -2.39. The number of halogens is 1. The van der Waals surface area contributed by atoms with Crippen molar-refractivity contribution in [2.45, 2.75) is 24.8 Å². The fraction of sp³-hybridized carbons (Fsp3) is 0.538. The van der Waals surface area contributed by atoms with Crippen LogP contribution in [-0.4, -0.2) is 39.5 Å². The molecule has 0 radical (unpaired) electrons. The summed E-state index contributed by atoms with van der Waals surface area (Å²) in [6.45, 7) is 5.21. The van der Waals surface area contributed by atoms with Gasteiger partial charge in [-0.1, -0.05) is 13.0 Å². The van der Waals surface area contributed by atoms with Crippen molar-refractivity contribution in [1.82, 2.24) is 9.62 Å². The second kappa shape index (κ2) is 5.19. The number of hydrogen-bond donors (Lipinski definition) is 1. The maximum atomic E-state index is 13.7. The van der Waals surface area contributed by atoms with Gasteiger partial charge in [0, 0.05) is 19.1 Å². The van der Waals surface area contributed by atoms with Gasteiger partial charge in [-0.05, 0) is 37.6 Å². The number of likely N-dealkylation sites (tertiary alicyclic amines) is 1. The third-order valence-electron chi connectivity index (χ3n) is 3.48. The Balaban J connectivity index is 2.26. The summed E-state index contributed by atoms with van der Waals surface area (Å²) in [4.78, 5) is 1.79.